The highest BCUT2D eigenvalue weighted by Gasteiger charge is 2.34. The lowest BCUT2D eigenvalue weighted by Crippen LogP contribution is -2.50. The first-order valence-electron chi connectivity index (χ1n) is 6.32. The molecule has 0 spiro atoms. The minimum atomic E-state index is -2.68. The molecular formula is C14H11ClF2N2O2. The molecule has 0 saturated carbocycles. The number of benzene rings is 1. The summed E-state index contributed by atoms with van der Waals surface area (Å²) in [6.07, 6.45) is -2.68. The normalized spacial score (nSPS) is 15.5. The Labute approximate surface area is 124 Å². The Morgan fingerprint density at radius 1 is 1.38 bits per heavy atom. The molecule has 1 fully saturated rings. The van der Waals surface area contributed by atoms with E-state index in [0.717, 1.165) is 0 Å². The van der Waals surface area contributed by atoms with Crippen molar-refractivity contribution in [1.29, 1.82) is 0 Å². The van der Waals surface area contributed by atoms with Crippen molar-refractivity contribution in [1.82, 2.24) is 4.98 Å². The fourth-order valence-electron chi connectivity index (χ4n) is 2.40. The van der Waals surface area contributed by atoms with Crippen LogP contribution in [-0.4, -0.2) is 29.1 Å². The highest BCUT2D eigenvalue weighted by atomic mass is 35.5. The highest BCUT2D eigenvalue weighted by Crippen LogP contribution is 2.35. The summed E-state index contributed by atoms with van der Waals surface area (Å²) in [5.41, 5.74) is 0.653. The summed E-state index contributed by atoms with van der Waals surface area (Å²) < 4.78 is 25.9. The van der Waals surface area contributed by atoms with E-state index in [9.17, 15) is 13.6 Å². The molecule has 1 aromatic heterocycles. The van der Waals surface area contributed by atoms with E-state index in [1.165, 1.54) is 6.07 Å². The van der Waals surface area contributed by atoms with Crippen LogP contribution in [0.15, 0.2) is 24.3 Å². The number of halogens is 3. The molecule has 0 amide bonds. The summed E-state index contributed by atoms with van der Waals surface area (Å²) in [7, 11) is 0. The number of nitrogens with zero attached hydrogens (tertiary/aromatic N) is 2. The van der Waals surface area contributed by atoms with Crippen LogP contribution < -0.4 is 4.90 Å². The molecule has 1 aliphatic rings. The Morgan fingerprint density at radius 3 is 2.71 bits per heavy atom. The van der Waals surface area contributed by atoms with Crippen molar-refractivity contribution in [2.24, 2.45) is 5.92 Å². The zero-order valence-corrected chi connectivity index (χ0v) is 11.5. The number of hydrogen-bond donors (Lipinski definition) is 1. The van der Waals surface area contributed by atoms with Gasteiger partial charge in [0.05, 0.1) is 11.4 Å². The summed E-state index contributed by atoms with van der Waals surface area (Å²) in [6.45, 7) is 0.591. The van der Waals surface area contributed by atoms with Gasteiger partial charge in [-0.15, -0.1) is 0 Å². The van der Waals surface area contributed by atoms with Crippen LogP contribution in [0.1, 0.15) is 12.1 Å². The van der Waals surface area contributed by atoms with Gasteiger partial charge in [-0.05, 0) is 24.3 Å². The van der Waals surface area contributed by atoms with E-state index in [0.29, 0.717) is 34.7 Å². The number of carboxylic acids is 1. The maximum Gasteiger partial charge on any atom is 0.310 e. The number of hydrogen-bond acceptors (Lipinski definition) is 3. The van der Waals surface area contributed by atoms with Crippen LogP contribution in [0.3, 0.4) is 0 Å². The third-order valence-electron chi connectivity index (χ3n) is 3.56. The molecule has 7 heteroatoms. The molecule has 0 unspecified atom stereocenters. The van der Waals surface area contributed by atoms with Gasteiger partial charge in [0.2, 0.25) is 0 Å². The zero-order valence-electron chi connectivity index (χ0n) is 10.8. The quantitative estimate of drug-likeness (QED) is 0.944. The van der Waals surface area contributed by atoms with Crippen LogP contribution >= 0.6 is 11.6 Å². The van der Waals surface area contributed by atoms with Gasteiger partial charge >= 0.3 is 5.97 Å². The van der Waals surface area contributed by atoms with Gasteiger partial charge in [0.1, 0.15) is 5.69 Å². The number of carboxylic acid groups (broad SMARTS) is 1. The van der Waals surface area contributed by atoms with Gasteiger partial charge in [-0.25, -0.2) is 13.8 Å². The summed E-state index contributed by atoms with van der Waals surface area (Å²) in [4.78, 5) is 16.5. The number of anilines is 1. The van der Waals surface area contributed by atoms with Gasteiger partial charge in [0.15, 0.2) is 0 Å². The summed E-state index contributed by atoms with van der Waals surface area (Å²) in [5.74, 6) is -1.35. The molecule has 0 radical (unpaired) electrons. The van der Waals surface area contributed by atoms with Gasteiger partial charge in [-0.1, -0.05) is 11.6 Å². The first kappa shape index (κ1) is 14.0. The molecule has 1 saturated heterocycles. The number of aromatic nitrogens is 1. The Kier molecular flexibility index (Phi) is 3.41. The second-order valence-corrected chi connectivity index (χ2v) is 5.40. The molecule has 0 bridgehead atoms. The molecule has 0 atom stereocenters. The second-order valence-electron chi connectivity index (χ2n) is 4.97. The van der Waals surface area contributed by atoms with Gasteiger partial charge < -0.3 is 10.0 Å². The number of pyridine rings is 1. The predicted octanol–water partition coefficient (Wildman–Crippen LogP) is 3.35. The number of carbonyl (C=O) groups is 1. The average molecular weight is 313 g/mol. The fourth-order valence-corrected chi connectivity index (χ4v) is 2.58. The number of rotatable bonds is 3. The van der Waals surface area contributed by atoms with Gasteiger partial charge in [-0.2, -0.15) is 0 Å². The van der Waals surface area contributed by atoms with Gasteiger partial charge in [0, 0.05) is 29.2 Å². The number of fused-ring (bicyclic) bond motifs is 1. The van der Waals surface area contributed by atoms with Crippen molar-refractivity contribution in [3.8, 4) is 0 Å². The van der Waals surface area contributed by atoms with E-state index < -0.39 is 18.3 Å². The lowest BCUT2D eigenvalue weighted by Gasteiger charge is -2.39. The average Bonchev–Trinajstić information content (AvgIpc) is 2.36. The molecule has 21 heavy (non-hydrogen) atoms. The zero-order chi connectivity index (χ0) is 15.1. The van der Waals surface area contributed by atoms with Crippen molar-refractivity contribution in [3.05, 3.63) is 35.0 Å². The second kappa shape index (κ2) is 5.11. The minimum absolute atomic E-state index is 0.295. The van der Waals surface area contributed by atoms with Crippen LogP contribution in [0, 0.1) is 5.92 Å². The van der Waals surface area contributed by atoms with E-state index >= 15 is 0 Å². The SMILES string of the molecule is O=C(O)C1CN(c2cc(C(F)F)nc3ccc(Cl)cc23)C1. The molecule has 0 aliphatic carbocycles. The van der Waals surface area contributed by atoms with E-state index in [2.05, 4.69) is 4.98 Å². The standard InChI is InChI=1S/C14H11ClF2N2O2/c15-8-1-2-10-9(3-8)12(4-11(18-10)13(16)17)19-5-7(6-19)14(20)21/h1-4,7,13H,5-6H2,(H,20,21). The van der Waals surface area contributed by atoms with Gasteiger partial charge in [-0.3, -0.25) is 4.79 Å². The maximum atomic E-state index is 12.9. The molecular weight excluding hydrogens is 302 g/mol. The third-order valence-corrected chi connectivity index (χ3v) is 3.80. The number of aliphatic carboxylic acids is 1. The molecule has 2 aromatic rings. The molecule has 4 nitrogen and oxygen atoms in total. The lowest BCUT2D eigenvalue weighted by atomic mass is 9.98. The van der Waals surface area contributed by atoms with E-state index in [4.69, 9.17) is 16.7 Å². The van der Waals surface area contributed by atoms with Crippen LogP contribution in [0.2, 0.25) is 5.02 Å². The monoisotopic (exact) mass is 312 g/mol. The van der Waals surface area contributed by atoms with Gasteiger partial charge in [0.25, 0.3) is 6.43 Å². The van der Waals surface area contributed by atoms with Crippen LogP contribution in [-0.2, 0) is 4.79 Å². The van der Waals surface area contributed by atoms with Crippen molar-refractivity contribution >= 4 is 34.2 Å². The molecule has 1 aromatic carbocycles. The van der Waals surface area contributed by atoms with Crippen LogP contribution in [0.5, 0.6) is 0 Å². The highest BCUT2D eigenvalue weighted by molar-refractivity contribution is 6.31. The van der Waals surface area contributed by atoms with Crippen molar-refractivity contribution in [2.45, 2.75) is 6.43 Å². The molecule has 1 aliphatic heterocycles. The van der Waals surface area contributed by atoms with Crippen molar-refractivity contribution in [3.63, 3.8) is 0 Å². The summed E-state index contributed by atoms with van der Waals surface area (Å²) in [5, 5.41) is 10.0. The van der Waals surface area contributed by atoms with E-state index in [1.807, 2.05) is 0 Å². The molecule has 2 heterocycles. The van der Waals surface area contributed by atoms with Crippen molar-refractivity contribution in [2.75, 3.05) is 18.0 Å². The number of alkyl halides is 2. The first-order chi connectivity index (χ1) is 9.95. The molecule has 1 N–H and O–H groups in total. The predicted molar refractivity (Wildman–Crippen MR) is 75.0 cm³/mol. The fraction of sp³-hybridized carbons (Fsp3) is 0.286. The first-order valence-corrected chi connectivity index (χ1v) is 6.69. The maximum absolute atomic E-state index is 12.9. The Balaban J connectivity index is 2.07. The lowest BCUT2D eigenvalue weighted by molar-refractivity contribution is -0.142. The smallest absolute Gasteiger partial charge is 0.310 e. The summed E-state index contributed by atoms with van der Waals surface area (Å²) >= 11 is 5.95. The van der Waals surface area contributed by atoms with Crippen molar-refractivity contribution < 1.29 is 18.7 Å². The Bertz CT molecular complexity index is 717. The molecule has 110 valence electrons. The third kappa shape index (κ3) is 2.51. The van der Waals surface area contributed by atoms with Crippen LogP contribution in [0.4, 0.5) is 14.5 Å². The Hall–Kier alpha value is -1.95. The Morgan fingerprint density at radius 2 is 2.10 bits per heavy atom. The molecule has 3 rings (SSSR count). The van der Waals surface area contributed by atoms with E-state index in [-0.39, 0.29) is 5.69 Å². The van der Waals surface area contributed by atoms with E-state index in [1.54, 1.807) is 23.1 Å². The minimum Gasteiger partial charge on any atom is -0.481 e. The van der Waals surface area contributed by atoms with Crippen LogP contribution in [0.25, 0.3) is 10.9 Å². The topological polar surface area (TPSA) is 53.4 Å². The summed E-state index contributed by atoms with van der Waals surface area (Å²) in [6, 6.07) is 6.14. The largest absolute Gasteiger partial charge is 0.481 e.